The Kier molecular flexibility index (Phi) is 3.84. The SMILES string of the molecule is O=C(NCc1c(Cl)ccc2cccnc12)c1ccccc1. The van der Waals surface area contributed by atoms with E-state index in [-0.39, 0.29) is 5.91 Å². The summed E-state index contributed by atoms with van der Waals surface area (Å²) in [6.45, 7) is 0.348. The molecule has 4 heteroatoms. The van der Waals surface area contributed by atoms with Gasteiger partial charge in [0.15, 0.2) is 0 Å². The molecule has 3 aromatic rings. The Morgan fingerprint density at radius 2 is 1.86 bits per heavy atom. The van der Waals surface area contributed by atoms with Gasteiger partial charge in [-0.15, -0.1) is 0 Å². The highest BCUT2D eigenvalue weighted by Gasteiger charge is 2.10. The summed E-state index contributed by atoms with van der Waals surface area (Å²) in [4.78, 5) is 16.4. The van der Waals surface area contributed by atoms with E-state index in [2.05, 4.69) is 10.3 Å². The highest BCUT2D eigenvalue weighted by atomic mass is 35.5. The molecule has 0 bridgehead atoms. The Morgan fingerprint density at radius 3 is 2.67 bits per heavy atom. The largest absolute Gasteiger partial charge is 0.348 e. The van der Waals surface area contributed by atoms with Gasteiger partial charge in [0, 0.05) is 34.3 Å². The van der Waals surface area contributed by atoms with Crippen LogP contribution in [0.1, 0.15) is 15.9 Å². The highest BCUT2D eigenvalue weighted by molar-refractivity contribution is 6.32. The van der Waals surface area contributed by atoms with Crippen molar-refractivity contribution in [1.82, 2.24) is 10.3 Å². The van der Waals surface area contributed by atoms with Gasteiger partial charge in [0.1, 0.15) is 0 Å². The molecule has 3 rings (SSSR count). The normalized spacial score (nSPS) is 10.5. The monoisotopic (exact) mass is 296 g/mol. The molecule has 0 saturated heterocycles. The number of benzene rings is 2. The number of nitrogens with one attached hydrogen (secondary N) is 1. The van der Waals surface area contributed by atoms with Crippen LogP contribution in [0.25, 0.3) is 10.9 Å². The van der Waals surface area contributed by atoms with Gasteiger partial charge < -0.3 is 5.32 Å². The van der Waals surface area contributed by atoms with Crippen molar-refractivity contribution in [3.05, 3.63) is 76.9 Å². The maximum atomic E-state index is 12.1. The number of pyridine rings is 1. The van der Waals surface area contributed by atoms with Crippen LogP contribution in [-0.4, -0.2) is 10.9 Å². The van der Waals surface area contributed by atoms with Crippen molar-refractivity contribution in [1.29, 1.82) is 0 Å². The molecule has 104 valence electrons. The zero-order chi connectivity index (χ0) is 14.7. The lowest BCUT2D eigenvalue weighted by Crippen LogP contribution is -2.23. The molecule has 1 aromatic heterocycles. The maximum Gasteiger partial charge on any atom is 0.251 e. The van der Waals surface area contributed by atoms with Crippen LogP contribution in [0.2, 0.25) is 5.02 Å². The summed E-state index contributed by atoms with van der Waals surface area (Å²) in [6.07, 6.45) is 1.72. The van der Waals surface area contributed by atoms with Crippen LogP contribution in [-0.2, 0) is 6.54 Å². The zero-order valence-corrected chi connectivity index (χ0v) is 12.0. The molecule has 0 atom stereocenters. The van der Waals surface area contributed by atoms with Crippen molar-refractivity contribution >= 4 is 28.4 Å². The van der Waals surface area contributed by atoms with Gasteiger partial charge >= 0.3 is 0 Å². The number of halogens is 1. The van der Waals surface area contributed by atoms with Crippen molar-refractivity contribution in [3.63, 3.8) is 0 Å². The van der Waals surface area contributed by atoms with Gasteiger partial charge in [-0.3, -0.25) is 9.78 Å². The second kappa shape index (κ2) is 5.94. The zero-order valence-electron chi connectivity index (χ0n) is 11.2. The maximum absolute atomic E-state index is 12.1. The third-order valence-electron chi connectivity index (χ3n) is 3.28. The molecular weight excluding hydrogens is 284 g/mol. The van der Waals surface area contributed by atoms with Crippen LogP contribution in [0.15, 0.2) is 60.8 Å². The van der Waals surface area contributed by atoms with Crippen LogP contribution >= 0.6 is 11.6 Å². The van der Waals surface area contributed by atoms with Crippen LogP contribution in [0.5, 0.6) is 0 Å². The lowest BCUT2D eigenvalue weighted by molar-refractivity contribution is 0.0951. The molecule has 0 radical (unpaired) electrons. The van der Waals surface area contributed by atoms with Crippen molar-refractivity contribution in [3.8, 4) is 0 Å². The molecule has 0 spiro atoms. The number of carbonyl (C=O) groups is 1. The molecule has 2 aromatic carbocycles. The number of nitrogens with zero attached hydrogens (tertiary/aromatic N) is 1. The Labute approximate surface area is 127 Å². The summed E-state index contributed by atoms with van der Waals surface area (Å²) in [6, 6.07) is 16.7. The molecule has 21 heavy (non-hydrogen) atoms. The topological polar surface area (TPSA) is 42.0 Å². The van der Waals surface area contributed by atoms with Gasteiger partial charge in [0.2, 0.25) is 0 Å². The van der Waals surface area contributed by atoms with E-state index in [9.17, 15) is 4.79 Å². The van der Waals surface area contributed by atoms with E-state index in [0.717, 1.165) is 16.5 Å². The van der Waals surface area contributed by atoms with Gasteiger partial charge in [-0.2, -0.15) is 0 Å². The lowest BCUT2D eigenvalue weighted by Gasteiger charge is -2.09. The molecule has 1 heterocycles. The first-order chi connectivity index (χ1) is 10.3. The van der Waals surface area contributed by atoms with Gasteiger partial charge in [-0.05, 0) is 24.3 Å². The molecule has 0 aliphatic carbocycles. The minimum atomic E-state index is -0.125. The van der Waals surface area contributed by atoms with E-state index in [1.807, 2.05) is 42.5 Å². The number of hydrogen-bond acceptors (Lipinski definition) is 2. The average molecular weight is 297 g/mol. The fraction of sp³-hybridized carbons (Fsp3) is 0.0588. The van der Waals surface area contributed by atoms with Crippen LogP contribution in [0, 0.1) is 0 Å². The first kappa shape index (κ1) is 13.6. The van der Waals surface area contributed by atoms with Gasteiger partial charge in [0.25, 0.3) is 5.91 Å². The molecule has 1 N–H and O–H groups in total. The first-order valence-electron chi connectivity index (χ1n) is 6.61. The van der Waals surface area contributed by atoms with Crippen LogP contribution in [0.3, 0.4) is 0 Å². The molecule has 0 unspecified atom stereocenters. The Morgan fingerprint density at radius 1 is 1.05 bits per heavy atom. The van der Waals surface area contributed by atoms with Crippen molar-refractivity contribution in [2.24, 2.45) is 0 Å². The summed E-state index contributed by atoms with van der Waals surface area (Å²) >= 11 is 6.24. The molecule has 0 aliphatic heterocycles. The summed E-state index contributed by atoms with van der Waals surface area (Å²) in [5.41, 5.74) is 2.28. The third kappa shape index (κ3) is 2.88. The van der Waals surface area contributed by atoms with Gasteiger partial charge in [-0.25, -0.2) is 0 Å². The van der Waals surface area contributed by atoms with Gasteiger partial charge in [0.05, 0.1) is 5.52 Å². The summed E-state index contributed by atoms with van der Waals surface area (Å²) in [5, 5.41) is 4.50. The van der Waals surface area contributed by atoms with E-state index in [1.165, 1.54) is 0 Å². The van der Waals surface area contributed by atoms with Crippen molar-refractivity contribution in [2.75, 3.05) is 0 Å². The summed E-state index contributed by atoms with van der Waals surface area (Å²) < 4.78 is 0. The summed E-state index contributed by atoms with van der Waals surface area (Å²) in [5.74, 6) is -0.125. The number of amides is 1. The summed E-state index contributed by atoms with van der Waals surface area (Å²) in [7, 11) is 0. The van der Waals surface area contributed by atoms with E-state index in [1.54, 1.807) is 18.3 Å². The fourth-order valence-electron chi connectivity index (χ4n) is 2.21. The van der Waals surface area contributed by atoms with E-state index in [0.29, 0.717) is 17.1 Å². The molecule has 1 amide bonds. The molecule has 0 aliphatic rings. The van der Waals surface area contributed by atoms with Gasteiger partial charge in [-0.1, -0.05) is 41.9 Å². The highest BCUT2D eigenvalue weighted by Crippen LogP contribution is 2.24. The smallest absolute Gasteiger partial charge is 0.251 e. The first-order valence-corrected chi connectivity index (χ1v) is 6.99. The molecular formula is C17H13ClN2O. The predicted octanol–water partition coefficient (Wildman–Crippen LogP) is 3.82. The van der Waals surface area contributed by atoms with Crippen LogP contribution < -0.4 is 5.32 Å². The third-order valence-corrected chi connectivity index (χ3v) is 3.64. The minimum absolute atomic E-state index is 0.125. The Balaban J connectivity index is 1.86. The quantitative estimate of drug-likeness (QED) is 0.798. The number of aromatic nitrogens is 1. The van der Waals surface area contributed by atoms with Crippen molar-refractivity contribution < 1.29 is 4.79 Å². The Bertz CT molecular complexity index is 787. The predicted molar refractivity (Wildman–Crippen MR) is 84.4 cm³/mol. The standard InChI is InChI=1S/C17H13ClN2O/c18-15-9-8-12-7-4-10-19-16(12)14(15)11-20-17(21)13-5-2-1-3-6-13/h1-10H,11H2,(H,20,21). The second-order valence-corrected chi connectivity index (χ2v) is 5.06. The number of rotatable bonds is 3. The second-order valence-electron chi connectivity index (χ2n) is 4.65. The average Bonchev–Trinajstić information content (AvgIpc) is 2.54. The van der Waals surface area contributed by atoms with E-state index < -0.39 is 0 Å². The van der Waals surface area contributed by atoms with Crippen LogP contribution in [0.4, 0.5) is 0 Å². The van der Waals surface area contributed by atoms with Crippen molar-refractivity contribution in [2.45, 2.75) is 6.54 Å². The fourth-order valence-corrected chi connectivity index (χ4v) is 2.43. The van der Waals surface area contributed by atoms with E-state index >= 15 is 0 Å². The molecule has 0 fully saturated rings. The number of carbonyl (C=O) groups excluding carboxylic acids is 1. The number of hydrogen-bond donors (Lipinski definition) is 1. The minimum Gasteiger partial charge on any atom is -0.348 e. The molecule has 3 nitrogen and oxygen atoms in total. The lowest BCUT2D eigenvalue weighted by atomic mass is 10.1. The molecule has 0 saturated carbocycles. The Hall–Kier alpha value is -2.39. The number of fused-ring (bicyclic) bond motifs is 1. The van der Waals surface area contributed by atoms with E-state index in [4.69, 9.17) is 11.6 Å².